The Kier molecular flexibility index (Phi) is 9.38. The van der Waals surface area contributed by atoms with Gasteiger partial charge in [-0.25, -0.2) is 0 Å². The van der Waals surface area contributed by atoms with Gasteiger partial charge in [-0.1, -0.05) is 0 Å². The fourth-order valence-corrected chi connectivity index (χ4v) is 5.10. The summed E-state index contributed by atoms with van der Waals surface area (Å²) < 4.78 is 33.2. The quantitative estimate of drug-likeness (QED) is 0.115. The molecule has 246 valence electrons. The molecule has 2 aliphatic heterocycles. The standard InChI is InChI=1S/C28H32O17/c1-40-10-5-13(33)17-14(6-10)41-24(9-2-3-11(31)12(32)4-9)26(20(17)36)45-28-23(39)25(19(35)16(8-30)43-28)44-27-22(38)21(37)18(34)15(7-29)42-27/h2-6,15-16,18-19,21-23,25,27-35,37-39H,7-8H2,1H3. The predicted molar refractivity (Wildman–Crippen MR) is 146 cm³/mol. The summed E-state index contributed by atoms with van der Waals surface area (Å²) in [6.45, 7) is -1.66. The molecule has 2 aromatic carbocycles. The van der Waals surface area contributed by atoms with E-state index in [1.165, 1.54) is 19.2 Å². The van der Waals surface area contributed by atoms with Crippen molar-refractivity contribution in [2.75, 3.05) is 20.3 Å². The summed E-state index contributed by atoms with van der Waals surface area (Å²) in [5.74, 6) is -2.60. The normalized spacial score (nSPS) is 32.0. The lowest BCUT2D eigenvalue weighted by molar-refractivity contribution is -0.352. The van der Waals surface area contributed by atoms with E-state index in [1.54, 1.807) is 0 Å². The van der Waals surface area contributed by atoms with Gasteiger partial charge >= 0.3 is 0 Å². The molecule has 2 saturated heterocycles. The van der Waals surface area contributed by atoms with Crippen LogP contribution in [0, 0.1) is 0 Å². The molecule has 17 heteroatoms. The SMILES string of the molecule is COc1cc(O)c2c(=O)c(OC3OC(CO)C(O)C(OC4OC(CO)C(O)C(O)C4O)C3O)c(-c3ccc(O)c(O)c3)oc2c1. The predicted octanol–water partition coefficient (Wildman–Crippen LogP) is -2.41. The van der Waals surface area contributed by atoms with Crippen LogP contribution in [0.4, 0.5) is 0 Å². The molecule has 10 N–H and O–H groups in total. The minimum atomic E-state index is -2.02. The van der Waals surface area contributed by atoms with Crippen LogP contribution in [0.25, 0.3) is 22.3 Å². The number of methoxy groups -OCH3 is 1. The second kappa shape index (κ2) is 12.9. The Morgan fingerprint density at radius 1 is 0.756 bits per heavy atom. The number of hydrogen-bond acceptors (Lipinski definition) is 17. The van der Waals surface area contributed by atoms with Crippen molar-refractivity contribution in [3.8, 4) is 40.1 Å². The Hall–Kier alpha value is -3.75. The van der Waals surface area contributed by atoms with Crippen molar-refractivity contribution in [3.05, 3.63) is 40.6 Å². The van der Waals surface area contributed by atoms with Gasteiger partial charge in [-0.15, -0.1) is 0 Å². The average molecular weight is 641 g/mol. The summed E-state index contributed by atoms with van der Waals surface area (Å²) in [6, 6.07) is 5.81. The smallest absolute Gasteiger partial charge is 0.239 e. The molecule has 0 saturated carbocycles. The third kappa shape index (κ3) is 5.98. The van der Waals surface area contributed by atoms with Gasteiger partial charge in [-0.05, 0) is 18.2 Å². The molecule has 0 bridgehead atoms. The summed E-state index contributed by atoms with van der Waals surface area (Å²) in [7, 11) is 1.31. The molecular weight excluding hydrogens is 608 g/mol. The molecule has 3 aromatic rings. The lowest BCUT2D eigenvalue weighted by Crippen LogP contribution is -2.65. The van der Waals surface area contributed by atoms with E-state index in [4.69, 9.17) is 28.1 Å². The molecule has 2 fully saturated rings. The number of aromatic hydroxyl groups is 3. The lowest BCUT2D eigenvalue weighted by atomic mass is 9.97. The monoisotopic (exact) mass is 640 g/mol. The van der Waals surface area contributed by atoms with E-state index in [2.05, 4.69) is 0 Å². The fraction of sp³-hybridized carbons (Fsp3) is 0.464. The third-order valence-corrected chi connectivity index (χ3v) is 7.58. The van der Waals surface area contributed by atoms with E-state index in [0.717, 1.165) is 18.2 Å². The first-order chi connectivity index (χ1) is 21.4. The van der Waals surface area contributed by atoms with Gasteiger partial charge in [0.2, 0.25) is 17.5 Å². The number of aliphatic hydroxyl groups excluding tert-OH is 7. The lowest BCUT2D eigenvalue weighted by Gasteiger charge is -2.45. The largest absolute Gasteiger partial charge is 0.507 e. The van der Waals surface area contributed by atoms with Crippen molar-refractivity contribution in [1.29, 1.82) is 0 Å². The topological polar surface area (TPSA) is 279 Å². The van der Waals surface area contributed by atoms with Crippen LogP contribution in [0.15, 0.2) is 39.5 Å². The van der Waals surface area contributed by atoms with E-state index in [-0.39, 0.29) is 28.0 Å². The summed E-state index contributed by atoms with van der Waals surface area (Å²) in [5, 5.41) is 102. The average Bonchev–Trinajstić information content (AvgIpc) is 3.02. The van der Waals surface area contributed by atoms with Crippen molar-refractivity contribution in [2.24, 2.45) is 0 Å². The molecule has 2 aliphatic rings. The molecule has 10 unspecified atom stereocenters. The van der Waals surface area contributed by atoms with Crippen molar-refractivity contribution >= 4 is 11.0 Å². The first kappa shape index (κ1) is 32.6. The molecule has 0 radical (unpaired) electrons. The van der Waals surface area contributed by atoms with Gasteiger partial charge in [-0.3, -0.25) is 4.79 Å². The zero-order valence-electron chi connectivity index (χ0n) is 23.4. The molecular formula is C28H32O17. The van der Waals surface area contributed by atoms with Crippen molar-refractivity contribution in [3.63, 3.8) is 0 Å². The van der Waals surface area contributed by atoms with Crippen LogP contribution >= 0.6 is 0 Å². The summed E-state index contributed by atoms with van der Waals surface area (Å²) in [4.78, 5) is 13.8. The maximum atomic E-state index is 13.8. The van der Waals surface area contributed by atoms with Crippen molar-refractivity contribution in [1.82, 2.24) is 0 Å². The molecule has 1 aromatic heterocycles. The highest BCUT2D eigenvalue weighted by Crippen LogP contribution is 2.40. The molecule has 0 amide bonds. The first-order valence-corrected chi connectivity index (χ1v) is 13.5. The van der Waals surface area contributed by atoms with Crippen LogP contribution in [-0.4, -0.2) is 133 Å². The number of rotatable bonds is 8. The van der Waals surface area contributed by atoms with Crippen molar-refractivity contribution < 1.29 is 79.2 Å². The van der Waals surface area contributed by atoms with Gasteiger partial charge in [0, 0.05) is 17.7 Å². The zero-order valence-corrected chi connectivity index (χ0v) is 23.4. The van der Waals surface area contributed by atoms with E-state index in [9.17, 15) is 55.9 Å². The Morgan fingerprint density at radius 3 is 2.07 bits per heavy atom. The van der Waals surface area contributed by atoms with Gasteiger partial charge in [0.15, 0.2) is 23.5 Å². The highest BCUT2D eigenvalue weighted by atomic mass is 16.7. The Morgan fingerprint density at radius 2 is 1.42 bits per heavy atom. The molecule has 10 atom stereocenters. The minimum Gasteiger partial charge on any atom is -0.507 e. The molecule has 0 spiro atoms. The number of aliphatic hydroxyl groups is 7. The summed E-state index contributed by atoms with van der Waals surface area (Å²) >= 11 is 0. The Bertz CT molecular complexity index is 1570. The van der Waals surface area contributed by atoms with E-state index >= 15 is 0 Å². The van der Waals surface area contributed by atoms with Gasteiger partial charge in [-0.2, -0.15) is 0 Å². The molecule has 5 rings (SSSR count). The van der Waals surface area contributed by atoms with Crippen LogP contribution in [-0.2, 0) is 14.2 Å². The number of ether oxygens (including phenoxy) is 5. The van der Waals surface area contributed by atoms with Crippen LogP contribution < -0.4 is 14.9 Å². The van der Waals surface area contributed by atoms with Crippen LogP contribution in [0.1, 0.15) is 0 Å². The number of benzene rings is 2. The number of phenols is 3. The molecule has 3 heterocycles. The minimum absolute atomic E-state index is 0.0141. The number of phenolic OH excluding ortho intramolecular Hbond substituents is 3. The van der Waals surface area contributed by atoms with Gasteiger partial charge in [0.25, 0.3) is 0 Å². The number of hydrogen-bond donors (Lipinski definition) is 10. The highest BCUT2D eigenvalue weighted by molar-refractivity contribution is 5.88. The van der Waals surface area contributed by atoms with Crippen molar-refractivity contribution in [2.45, 2.75) is 61.4 Å². The molecule has 0 aliphatic carbocycles. The number of fused-ring (bicyclic) bond motifs is 1. The van der Waals surface area contributed by atoms with Gasteiger partial charge in [0.1, 0.15) is 71.3 Å². The second-order valence-corrected chi connectivity index (χ2v) is 10.4. The molecule has 17 nitrogen and oxygen atoms in total. The van der Waals surface area contributed by atoms with Crippen LogP contribution in [0.3, 0.4) is 0 Å². The van der Waals surface area contributed by atoms with Gasteiger partial charge in [0.05, 0.1) is 20.3 Å². The fourth-order valence-electron chi connectivity index (χ4n) is 5.10. The summed E-state index contributed by atoms with van der Waals surface area (Å²) in [6.07, 6.45) is -17.8. The second-order valence-electron chi connectivity index (χ2n) is 10.4. The Labute approximate surface area is 252 Å². The van der Waals surface area contributed by atoms with E-state index in [0.29, 0.717) is 0 Å². The maximum absolute atomic E-state index is 13.8. The zero-order chi connectivity index (χ0) is 32.7. The van der Waals surface area contributed by atoms with E-state index in [1.807, 2.05) is 0 Å². The van der Waals surface area contributed by atoms with Crippen LogP contribution in [0.5, 0.6) is 28.7 Å². The Balaban J connectivity index is 1.56. The van der Waals surface area contributed by atoms with Gasteiger partial charge < -0.3 is 79.2 Å². The third-order valence-electron chi connectivity index (χ3n) is 7.58. The molecule has 45 heavy (non-hydrogen) atoms. The van der Waals surface area contributed by atoms with Crippen LogP contribution in [0.2, 0.25) is 0 Å². The first-order valence-electron chi connectivity index (χ1n) is 13.5. The maximum Gasteiger partial charge on any atom is 0.239 e. The summed E-state index contributed by atoms with van der Waals surface area (Å²) in [5.41, 5.74) is -1.18. The highest BCUT2D eigenvalue weighted by Gasteiger charge is 2.51. The van der Waals surface area contributed by atoms with E-state index < -0.39 is 103 Å².